The van der Waals surface area contributed by atoms with Gasteiger partial charge in [0.25, 0.3) is 0 Å². The molecule has 0 aromatic heterocycles. The molecule has 2 fully saturated rings. The molecule has 0 aliphatic carbocycles. The van der Waals surface area contributed by atoms with Crippen molar-refractivity contribution in [2.24, 2.45) is 5.92 Å². The van der Waals surface area contributed by atoms with Gasteiger partial charge in [-0.05, 0) is 33.1 Å². The minimum atomic E-state index is -0.407. The predicted molar refractivity (Wildman–Crippen MR) is 60.0 cm³/mol. The lowest BCUT2D eigenvalue weighted by atomic mass is 9.94. The van der Waals surface area contributed by atoms with Gasteiger partial charge in [0.15, 0.2) is 0 Å². The van der Waals surface area contributed by atoms with Crippen molar-refractivity contribution in [1.29, 1.82) is 0 Å². The summed E-state index contributed by atoms with van der Waals surface area (Å²) in [5, 5.41) is 9.86. The van der Waals surface area contributed by atoms with Crippen molar-refractivity contribution >= 4 is 5.91 Å². The molecule has 1 atom stereocenters. The Morgan fingerprint density at radius 2 is 1.94 bits per heavy atom. The lowest BCUT2D eigenvalue weighted by Crippen LogP contribution is -2.50. The van der Waals surface area contributed by atoms with Crippen LogP contribution in [-0.2, 0) is 9.53 Å². The number of rotatable bonds is 1. The maximum atomic E-state index is 12.3. The van der Waals surface area contributed by atoms with Gasteiger partial charge >= 0.3 is 0 Å². The van der Waals surface area contributed by atoms with E-state index in [2.05, 4.69) is 0 Å². The SMILES string of the molecule is CC1(C)C(O)CCN1C(=O)C1CCOCC1. The van der Waals surface area contributed by atoms with Crippen LogP contribution in [0.5, 0.6) is 0 Å². The molecule has 16 heavy (non-hydrogen) atoms. The number of likely N-dealkylation sites (tertiary alicyclic amines) is 1. The van der Waals surface area contributed by atoms with Crippen molar-refractivity contribution in [2.75, 3.05) is 19.8 Å². The fourth-order valence-corrected chi connectivity index (χ4v) is 2.63. The van der Waals surface area contributed by atoms with Gasteiger partial charge in [0.2, 0.25) is 5.91 Å². The van der Waals surface area contributed by atoms with Crippen LogP contribution < -0.4 is 0 Å². The second-order valence-electron chi connectivity index (χ2n) is 5.33. The number of aliphatic hydroxyl groups excluding tert-OH is 1. The van der Waals surface area contributed by atoms with E-state index in [1.165, 1.54) is 0 Å². The lowest BCUT2D eigenvalue weighted by Gasteiger charge is -2.37. The molecule has 0 aromatic rings. The summed E-state index contributed by atoms with van der Waals surface area (Å²) in [5.74, 6) is 0.295. The van der Waals surface area contributed by atoms with E-state index in [4.69, 9.17) is 4.74 Å². The number of nitrogens with zero attached hydrogens (tertiary/aromatic N) is 1. The highest BCUT2D eigenvalue weighted by Crippen LogP contribution is 2.31. The van der Waals surface area contributed by atoms with Crippen LogP contribution in [0.1, 0.15) is 33.1 Å². The van der Waals surface area contributed by atoms with Crippen LogP contribution in [0.3, 0.4) is 0 Å². The monoisotopic (exact) mass is 227 g/mol. The number of hydrogen-bond acceptors (Lipinski definition) is 3. The fraction of sp³-hybridized carbons (Fsp3) is 0.917. The molecule has 1 N–H and O–H groups in total. The average molecular weight is 227 g/mol. The Morgan fingerprint density at radius 1 is 1.31 bits per heavy atom. The molecular formula is C12H21NO3. The van der Waals surface area contributed by atoms with Crippen LogP contribution in [-0.4, -0.2) is 47.3 Å². The minimum absolute atomic E-state index is 0.0957. The van der Waals surface area contributed by atoms with Crippen LogP contribution >= 0.6 is 0 Å². The first-order valence-corrected chi connectivity index (χ1v) is 6.11. The third-order valence-corrected chi connectivity index (χ3v) is 3.97. The number of hydrogen-bond donors (Lipinski definition) is 1. The van der Waals surface area contributed by atoms with Gasteiger partial charge in [-0.1, -0.05) is 0 Å². The van der Waals surface area contributed by atoms with Crippen molar-refractivity contribution in [1.82, 2.24) is 4.90 Å². The van der Waals surface area contributed by atoms with Crippen LogP contribution in [0.15, 0.2) is 0 Å². The lowest BCUT2D eigenvalue weighted by molar-refractivity contribution is -0.143. The van der Waals surface area contributed by atoms with Gasteiger partial charge in [0.1, 0.15) is 0 Å². The summed E-state index contributed by atoms with van der Waals surface area (Å²) in [6.07, 6.45) is 1.95. The fourth-order valence-electron chi connectivity index (χ4n) is 2.63. The molecule has 0 aromatic carbocycles. The molecule has 2 aliphatic rings. The predicted octanol–water partition coefficient (Wildman–Crippen LogP) is 0.785. The van der Waals surface area contributed by atoms with Crippen molar-refractivity contribution in [2.45, 2.75) is 44.8 Å². The highest BCUT2D eigenvalue weighted by Gasteiger charge is 2.44. The third-order valence-electron chi connectivity index (χ3n) is 3.97. The van der Waals surface area contributed by atoms with Gasteiger partial charge < -0.3 is 14.7 Å². The number of amides is 1. The zero-order valence-electron chi connectivity index (χ0n) is 10.1. The standard InChI is InChI=1S/C12H21NO3/c1-12(2)10(14)3-6-13(12)11(15)9-4-7-16-8-5-9/h9-10,14H,3-8H2,1-2H3. The van der Waals surface area contributed by atoms with E-state index < -0.39 is 11.6 Å². The van der Waals surface area contributed by atoms with Crippen LogP contribution in [0.25, 0.3) is 0 Å². The van der Waals surface area contributed by atoms with Gasteiger partial charge in [-0.2, -0.15) is 0 Å². The molecule has 0 bridgehead atoms. The zero-order chi connectivity index (χ0) is 11.8. The van der Waals surface area contributed by atoms with Gasteiger partial charge in [-0.3, -0.25) is 4.79 Å². The Kier molecular flexibility index (Phi) is 3.22. The second kappa shape index (κ2) is 4.34. The molecule has 1 amide bonds. The van der Waals surface area contributed by atoms with Crippen molar-refractivity contribution in [3.63, 3.8) is 0 Å². The molecule has 4 heteroatoms. The van der Waals surface area contributed by atoms with E-state index in [0.29, 0.717) is 26.2 Å². The van der Waals surface area contributed by atoms with E-state index in [1.807, 2.05) is 18.7 Å². The molecule has 0 radical (unpaired) electrons. The molecule has 92 valence electrons. The summed E-state index contributed by atoms with van der Waals surface area (Å²) in [7, 11) is 0. The van der Waals surface area contributed by atoms with E-state index in [-0.39, 0.29) is 11.8 Å². The molecule has 2 heterocycles. The van der Waals surface area contributed by atoms with E-state index in [9.17, 15) is 9.90 Å². The first kappa shape index (κ1) is 11.9. The van der Waals surface area contributed by atoms with Crippen molar-refractivity contribution < 1.29 is 14.6 Å². The van der Waals surface area contributed by atoms with Crippen LogP contribution in [0.4, 0.5) is 0 Å². The normalized spacial score (nSPS) is 30.7. The maximum absolute atomic E-state index is 12.3. The molecule has 4 nitrogen and oxygen atoms in total. The first-order chi connectivity index (χ1) is 7.53. The molecule has 0 saturated carbocycles. The highest BCUT2D eigenvalue weighted by atomic mass is 16.5. The van der Waals surface area contributed by atoms with Gasteiger partial charge in [0.05, 0.1) is 11.6 Å². The van der Waals surface area contributed by atoms with Crippen LogP contribution in [0.2, 0.25) is 0 Å². The molecular weight excluding hydrogens is 206 g/mol. The van der Waals surface area contributed by atoms with E-state index >= 15 is 0 Å². The van der Waals surface area contributed by atoms with E-state index in [1.54, 1.807) is 0 Å². The summed E-state index contributed by atoms with van der Waals surface area (Å²) in [4.78, 5) is 14.2. The van der Waals surface area contributed by atoms with E-state index in [0.717, 1.165) is 12.8 Å². The number of carbonyl (C=O) groups excluding carboxylic acids is 1. The molecule has 2 saturated heterocycles. The molecule has 2 aliphatic heterocycles. The third kappa shape index (κ3) is 1.96. The number of carbonyl (C=O) groups is 1. The Hall–Kier alpha value is -0.610. The Morgan fingerprint density at radius 3 is 2.44 bits per heavy atom. The second-order valence-corrected chi connectivity index (χ2v) is 5.33. The van der Waals surface area contributed by atoms with Crippen molar-refractivity contribution in [3.8, 4) is 0 Å². The van der Waals surface area contributed by atoms with Crippen molar-refractivity contribution in [3.05, 3.63) is 0 Å². The maximum Gasteiger partial charge on any atom is 0.226 e. The Labute approximate surface area is 96.6 Å². The Bertz CT molecular complexity index is 271. The average Bonchev–Trinajstić information content (AvgIpc) is 2.54. The largest absolute Gasteiger partial charge is 0.391 e. The van der Waals surface area contributed by atoms with Gasteiger partial charge in [-0.15, -0.1) is 0 Å². The zero-order valence-corrected chi connectivity index (χ0v) is 10.1. The highest BCUT2D eigenvalue weighted by molar-refractivity contribution is 5.80. The molecule has 1 unspecified atom stereocenters. The summed E-state index contributed by atoms with van der Waals surface area (Å²) in [5.41, 5.74) is -0.407. The summed E-state index contributed by atoms with van der Waals surface area (Å²) >= 11 is 0. The smallest absolute Gasteiger partial charge is 0.226 e. The Balaban J connectivity index is 2.04. The van der Waals surface area contributed by atoms with Gasteiger partial charge in [0, 0.05) is 25.7 Å². The molecule has 0 spiro atoms. The summed E-state index contributed by atoms with van der Waals surface area (Å²) in [6.45, 7) is 5.95. The number of aliphatic hydroxyl groups is 1. The van der Waals surface area contributed by atoms with Gasteiger partial charge in [-0.25, -0.2) is 0 Å². The first-order valence-electron chi connectivity index (χ1n) is 6.11. The number of ether oxygens (including phenoxy) is 1. The topological polar surface area (TPSA) is 49.8 Å². The summed E-state index contributed by atoms with van der Waals surface area (Å²) < 4.78 is 5.27. The molecule has 2 rings (SSSR count). The summed E-state index contributed by atoms with van der Waals surface area (Å²) in [6, 6.07) is 0. The quantitative estimate of drug-likeness (QED) is 0.720. The minimum Gasteiger partial charge on any atom is -0.391 e. The van der Waals surface area contributed by atoms with Crippen LogP contribution in [0, 0.1) is 5.92 Å².